The number of rotatable bonds is 3. The zero-order valence-electron chi connectivity index (χ0n) is 10.5. The summed E-state index contributed by atoms with van der Waals surface area (Å²) < 4.78 is 4.66. The predicted molar refractivity (Wildman–Crippen MR) is 72.9 cm³/mol. The summed E-state index contributed by atoms with van der Waals surface area (Å²) in [5.74, 6) is -0.292. The zero-order valence-corrected chi connectivity index (χ0v) is 11.3. The minimum absolute atomic E-state index is 0. The summed E-state index contributed by atoms with van der Waals surface area (Å²) >= 11 is 0. The van der Waals surface area contributed by atoms with E-state index in [4.69, 9.17) is 5.73 Å². The molecular formula is C13H19ClN2O2. The molecule has 4 nitrogen and oxygen atoms in total. The Balaban J connectivity index is 0.00000162. The van der Waals surface area contributed by atoms with E-state index in [2.05, 4.69) is 9.64 Å². The van der Waals surface area contributed by atoms with Crippen LogP contribution in [0.1, 0.15) is 22.3 Å². The second kappa shape index (κ2) is 6.73. The monoisotopic (exact) mass is 270 g/mol. The lowest BCUT2D eigenvalue weighted by Gasteiger charge is -2.15. The van der Waals surface area contributed by atoms with Gasteiger partial charge in [0.25, 0.3) is 0 Å². The maximum atomic E-state index is 11.3. The maximum Gasteiger partial charge on any atom is 0.337 e. The molecule has 5 heteroatoms. The second-order valence-electron chi connectivity index (χ2n) is 4.47. The van der Waals surface area contributed by atoms with E-state index in [1.165, 1.54) is 12.7 Å². The van der Waals surface area contributed by atoms with E-state index < -0.39 is 0 Å². The number of hydrogen-bond acceptors (Lipinski definition) is 4. The van der Waals surface area contributed by atoms with Gasteiger partial charge in [0, 0.05) is 25.7 Å². The van der Waals surface area contributed by atoms with Crippen molar-refractivity contribution < 1.29 is 9.53 Å². The molecule has 1 aromatic carbocycles. The zero-order chi connectivity index (χ0) is 12.3. The first-order valence-corrected chi connectivity index (χ1v) is 5.84. The summed E-state index contributed by atoms with van der Waals surface area (Å²) in [6.45, 7) is 2.91. The third-order valence-corrected chi connectivity index (χ3v) is 3.09. The SMILES string of the molecule is COC(=O)c1ccc(CN2CCC(N)C2)cc1.Cl. The first-order valence-electron chi connectivity index (χ1n) is 5.84. The molecule has 1 heterocycles. The normalized spacial score (nSPS) is 19.3. The van der Waals surface area contributed by atoms with E-state index in [0.29, 0.717) is 11.6 Å². The van der Waals surface area contributed by atoms with Crippen LogP contribution in [0.3, 0.4) is 0 Å². The van der Waals surface area contributed by atoms with Crippen molar-refractivity contribution in [1.29, 1.82) is 0 Å². The first-order chi connectivity index (χ1) is 8.19. The van der Waals surface area contributed by atoms with Crippen molar-refractivity contribution in [2.45, 2.75) is 19.0 Å². The number of hydrogen-bond donors (Lipinski definition) is 1. The van der Waals surface area contributed by atoms with Gasteiger partial charge in [0.15, 0.2) is 0 Å². The summed E-state index contributed by atoms with van der Waals surface area (Å²) in [6, 6.07) is 7.85. The molecule has 0 radical (unpaired) electrons. The second-order valence-corrected chi connectivity index (χ2v) is 4.47. The quantitative estimate of drug-likeness (QED) is 0.845. The Hall–Kier alpha value is -1.10. The highest BCUT2D eigenvalue weighted by molar-refractivity contribution is 5.89. The van der Waals surface area contributed by atoms with Gasteiger partial charge < -0.3 is 10.5 Å². The van der Waals surface area contributed by atoms with Crippen molar-refractivity contribution in [3.05, 3.63) is 35.4 Å². The fraction of sp³-hybridized carbons (Fsp3) is 0.462. The smallest absolute Gasteiger partial charge is 0.337 e. The highest BCUT2D eigenvalue weighted by Crippen LogP contribution is 2.13. The van der Waals surface area contributed by atoms with Crippen LogP contribution >= 0.6 is 12.4 Å². The molecule has 1 saturated heterocycles. The van der Waals surface area contributed by atoms with Crippen molar-refractivity contribution in [3.63, 3.8) is 0 Å². The third-order valence-electron chi connectivity index (χ3n) is 3.09. The molecule has 1 atom stereocenters. The average molecular weight is 271 g/mol. The highest BCUT2D eigenvalue weighted by atomic mass is 35.5. The van der Waals surface area contributed by atoms with Crippen LogP contribution in [0.15, 0.2) is 24.3 Å². The lowest BCUT2D eigenvalue weighted by atomic mass is 10.1. The first kappa shape index (κ1) is 15.0. The van der Waals surface area contributed by atoms with Gasteiger partial charge in [-0.1, -0.05) is 12.1 Å². The largest absolute Gasteiger partial charge is 0.465 e. The summed E-state index contributed by atoms with van der Waals surface area (Å²) in [5.41, 5.74) is 7.65. The molecule has 2 rings (SSSR count). The molecule has 1 aromatic rings. The maximum absolute atomic E-state index is 11.3. The standard InChI is InChI=1S/C13H18N2O2.ClH/c1-17-13(16)11-4-2-10(3-5-11)8-15-7-6-12(14)9-15;/h2-5,12H,6-9,14H2,1H3;1H. The minimum Gasteiger partial charge on any atom is -0.465 e. The highest BCUT2D eigenvalue weighted by Gasteiger charge is 2.18. The van der Waals surface area contributed by atoms with Gasteiger partial charge in [0.1, 0.15) is 0 Å². The Kier molecular flexibility index (Phi) is 5.59. The fourth-order valence-corrected chi connectivity index (χ4v) is 2.13. The Labute approximate surface area is 114 Å². The van der Waals surface area contributed by atoms with E-state index in [1.54, 1.807) is 12.1 Å². The van der Waals surface area contributed by atoms with Gasteiger partial charge >= 0.3 is 5.97 Å². The summed E-state index contributed by atoms with van der Waals surface area (Å²) in [4.78, 5) is 13.6. The van der Waals surface area contributed by atoms with Gasteiger partial charge in [-0.2, -0.15) is 0 Å². The molecule has 2 N–H and O–H groups in total. The number of esters is 1. The Morgan fingerprint density at radius 2 is 2.11 bits per heavy atom. The number of methoxy groups -OCH3 is 1. The molecule has 0 saturated carbocycles. The van der Waals surface area contributed by atoms with Crippen molar-refractivity contribution in [3.8, 4) is 0 Å². The van der Waals surface area contributed by atoms with Gasteiger partial charge in [0.2, 0.25) is 0 Å². The van der Waals surface area contributed by atoms with Crippen LogP contribution < -0.4 is 5.73 Å². The molecule has 0 amide bonds. The van der Waals surface area contributed by atoms with Crippen LogP contribution in [0.25, 0.3) is 0 Å². The number of nitrogens with zero attached hydrogens (tertiary/aromatic N) is 1. The lowest BCUT2D eigenvalue weighted by Crippen LogP contribution is -2.26. The van der Waals surface area contributed by atoms with E-state index in [0.717, 1.165) is 26.1 Å². The van der Waals surface area contributed by atoms with Gasteiger partial charge in [-0.05, 0) is 24.1 Å². The van der Waals surface area contributed by atoms with E-state index in [-0.39, 0.29) is 18.4 Å². The van der Waals surface area contributed by atoms with Crippen molar-refractivity contribution in [2.24, 2.45) is 5.73 Å². The topological polar surface area (TPSA) is 55.6 Å². The van der Waals surface area contributed by atoms with Crippen molar-refractivity contribution in [1.82, 2.24) is 4.90 Å². The van der Waals surface area contributed by atoms with Crippen LogP contribution in [0.5, 0.6) is 0 Å². The summed E-state index contributed by atoms with van der Waals surface area (Å²) in [6.07, 6.45) is 1.07. The molecule has 0 aromatic heterocycles. The average Bonchev–Trinajstić information content (AvgIpc) is 2.75. The number of carbonyl (C=O) groups excluding carboxylic acids is 1. The minimum atomic E-state index is -0.292. The van der Waals surface area contributed by atoms with Gasteiger partial charge in [0.05, 0.1) is 12.7 Å². The number of benzene rings is 1. The number of carbonyl (C=O) groups is 1. The molecule has 1 fully saturated rings. The van der Waals surface area contributed by atoms with Gasteiger partial charge in [-0.25, -0.2) is 4.79 Å². The molecule has 0 spiro atoms. The molecule has 1 aliphatic rings. The molecule has 18 heavy (non-hydrogen) atoms. The lowest BCUT2D eigenvalue weighted by molar-refractivity contribution is 0.0600. The number of ether oxygens (including phenoxy) is 1. The van der Waals surface area contributed by atoms with Crippen molar-refractivity contribution >= 4 is 18.4 Å². The summed E-state index contributed by atoms with van der Waals surface area (Å²) in [5, 5.41) is 0. The molecule has 0 aliphatic carbocycles. The number of likely N-dealkylation sites (tertiary alicyclic amines) is 1. The van der Waals surface area contributed by atoms with Crippen LogP contribution in [-0.2, 0) is 11.3 Å². The van der Waals surface area contributed by atoms with E-state index in [9.17, 15) is 4.79 Å². The molecule has 1 unspecified atom stereocenters. The van der Waals surface area contributed by atoms with Crippen LogP contribution in [-0.4, -0.2) is 37.1 Å². The van der Waals surface area contributed by atoms with Gasteiger partial charge in [-0.3, -0.25) is 4.90 Å². The molecule has 0 bridgehead atoms. The number of halogens is 1. The Morgan fingerprint density at radius 3 is 2.61 bits per heavy atom. The van der Waals surface area contributed by atoms with Crippen LogP contribution in [0.2, 0.25) is 0 Å². The molecule has 1 aliphatic heterocycles. The molecule has 100 valence electrons. The third kappa shape index (κ3) is 3.70. The predicted octanol–water partition coefficient (Wildman–Crippen LogP) is 1.43. The number of nitrogens with two attached hydrogens (primary N) is 1. The summed E-state index contributed by atoms with van der Waals surface area (Å²) in [7, 11) is 1.39. The van der Waals surface area contributed by atoms with Crippen molar-refractivity contribution in [2.75, 3.05) is 20.2 Å². The fourth-order valence-electron chi connectivity index (χ4n) is 2.13. The van der Waals surface area contributed by atoms with Gasteiger partial charge in [-0.15, -0.1) is 12.4 Å². The molecular weight excluding hydrogens is 252 g/mol. The Morgan fingerprint density at radius 1 is 1.44 bits per heavy atom. The van der Waals surface area contributed by atoms with E-state index in [1.807, 2.05) is 12.1 Å². The van der Waals surface area contributed by atoms with Crippen LogP contribution in [0.4, 0.5) is 0 Å². The van der Waals surface area contributed by atoms with Crippen LogP contribution in [0, 0.1) is 0 Å². The Bertz CT molecular complexity index is 394. The van der Waals surface area contributed by atoms with E-state index >= 15 is 0 Å².